The van der Waals surface area contributed by atoms with Crippen LogP contribution in [0.4, 0.5) is 11.4 Å². The van der Waals surface area contributed by atoms with E-state index >= 15 is 0 Å². The van der Waals surface area contributed by atoms with E-state index in [1.165, 1.54) is 4.90 Å². The van der Waals surface area contributed by atoms with Crippen LogP contribution in [-0.4, -0.2) is 22.9 Å². The number of rotatable bonds is 3. The molecule has 0 unspecified atom stereocenters. The van der Waals surface area contributed by atoms with Gasteiger partial charge in [0.1, 0.15) is 5.92 Å². The Morgan fingerprint density at radius 2 is 1.59 bits per heavy atom. The predicted molar refractivity (Wildman–Crippen MR) is 111 cm³/mol. The van der Waals surface area contributed by atoms with E-state index < -0.39 is 18.1 Å². The van der Waals surface area contributed by atoms with E-state index in [0.717, 1.165) is 15.7 Å². The van der Waals surface area contributed by atoms with Crippen LogP contribution in [-0.2, 0) is 14.4 Å². The molecule has 2 aliphatic heterocycles. The lowest BCUT2D eigenvalue weighted by Gasteiger charge is -2.28. The zero-order valence-electron chi connectivity index (χ0n) is 15.2. The molecule has 7 heteroatoms. The van der Waals surface area contributed by atoms with Crippen molar-refractivity contribution in [3.05, 3.63) is 89.2 Å². The van der Waals surface area contributed by atoms with Crippen LogP contribution in [0.5, 0.6) is 0 Å². The molecular weight excluding hydrogens is 434 g/mol. The number of carbonyl (C=O) groups excluding carboxylic acids is 2. The van der Waals surface area contributed by atoms with Crippen molar-refractivity contribution in [3.8, 4) is 0 Å². The number of hydrogen-bond donors (Lipinski definition) is 0. The summed E-state index contributed by atoms with van der Waals surface area (Å²) in [6.07, 6.45) is 2.48. The molecule has 2 fully saturated rings. The third-order valence-corrected chi connectivity index (χ3v) is 5.73. The normalized spacial score (nSPS) is 23.6. The number of imide groups is 1. The van der Waals surface area contributed by atoms with Crippen LogP contribution in [0.15, 0.2) is 83.6 Å². The molecule has 3 aromatic rings. The van der Waals surface area contributed by atoms with Crippen LogP contribution in [0.25, 0.3) is 0 Å². The second-order valence-corrected chi connectivity index (χ2v) is 7.85. The summed E-state index contributed by atoms with van der Waals surface area (Å²) in [5, 5.41) is 1.68. The lowest BCUT2D eigenvalue weighted by molar-refractivity contribution is -0.126. The molecule has 0 radical (unpaired) electrons. The summed E-state index contributed by atoms with van der Waals surface area (Å²) in [4.78, 5) is 38.0. The summed E-state index contributed by atoms with van der Waals surface area (Å²) in [5.74, 6) is -1.27. The standard InChI is InChI=1S/C22H16BrN3O3/c23-15-5-4-8-17(13-15)25-21(27)18-19(14-9-11-24-12-10-14)26(29-20(18)22(25)28)16-6-2-1-3-7-16/h1-13,18-20H/t18-,19-,20-/m1/s1. The van der Waals surface area contributed by atoms with E-state index in [2.05, 4.69) is 20.9 Å². The van der Waals surface area contributed by atoms with Gasteiger partial charge >= 0.3 is 0 Å². The number of pyridine rings is 1. The maximum Gasteiger partial charge on any atom is 0.266 e. The van der Waals surface area contributed by atoms with Crippen LogP contribution in [0.2, 0.25) is 0 Å². The van der Waals surface area contributed by atoms with Gasteiger partial charge in [0.2, 0.25) is 5.91 Å². The molecule has 0 aliphatic carbocycles. The van der Waals surface area contributed by atoms with E-state index in [0.29, 0.717) is 5.69 Å². The van der Waals surface area contributed by atoms with E-state index in [1.54, 1.807) is 35.7 Å². The Kier molecular flexibility index (Phi) is 4.41. The van der Waals surface area contributed by atoms with Crippen LogP contribution < -0.4 is 9.96 Å². The van der Waals surface area contributed by atoms with Crippen molar-refractivity contribution in [3.63, 3.8) is 0 Å². The van der Waals surface area contributed by atoms with Crippen LogP contribution in [0, 0.1) is 5.92 Å². The zero-order valence-corrected chi connectivity index (χ0v) is 16.8. The first kappa shape index (κ1) is 18.0. The third kappa shape index (κ3) is 2.94. The van der Waals surface area contributed by atoms with Gasteiger partial charge in [0.25, 0.3) is 5.91 Å². The van der Waals surface area contributed by atoms with Gasteiger partial charge in [-0.1, -0.05) is 40.2 Å². The van der Waals surface area contributed by atoms with E-state index in [4.69, 9.17) is 4.84 Å². The highest BCUT2D eigenvalue weighted by atomic mass is 79.9. The average molecular weight is 450 g/mol. The molecule has 6 nitrogen and oxygen atoms in total. The van der Waals surface area contributed by atoms with Gasteiger partial charge < -0.3 is 0 Å². The van der Waals surface area contributed by atoms with Crippen molar-refractivity contribution in [2.24, 2.45) is 5.92 Å². The Balaban J connectivity index is 1.59. The van der Waals surface area contributed by atoms with Crippen molar-refractivity contribution in [2.45, 2.75) is 12.1 Å². The molecule has 2 saturated heterocycles. The van der Waals surface area contributed by atoms with Crippen molar-refractivity contribution < 1.29 is 14.4 Å². The van der Waals surface area contributed by atoms with E-state index in [9.17, 15) is 9.59 Å². The van der Waals surface area contributed by atoms with Crippen LogP contribution >= 0.6 is 15.9 Å². The Morgan fingerprint density at radius 1 is 0.862 bits per heavy atom. The van der Waals surface area contributed by atoms with Crippen LogP contribution in [0.3, 0.4) is 0 Å². The Hall–Kier alpha value is -3.03. The lowest BCUT2D eigenvalue weighted by Crippen LogP contribution is -2.37. The van der Waals surface area contributed by atoms with Gasteiger partial charge in [-0.3, -0.25) is 19.4 Å². The van der Waals surface area contributed by atoms with Crippen molar-refractivity contribution >= 4 is 39.1 Å². The van der Waals surface area contributed by atoms with Crippen molar-refractivity contribution in [1.29, 1.82) is 0 Å². The molecule has 5 rings (SSSR count). The quantitative estimate of drug-likeness (QED) is 0.567. The maximum absolute atomic E-state index is 13.4. The minimum atomic E-state index is -0.875. The fraction of sp³-hybridized carbons (Fsp3) is 0.136. The maximum atomic E-state index is 13.4. The Bertz CT molecular complexity index is 1080. The molecule has 0 bridgehead atoms. The SMILES string of the molecule is O=C1[C@@H]2[C@@H](c3ccncc3)N(c3ccccc3)O[C@H]2C(=O)N1c1cccc(Br)c1. The predicted octanol–water partition coefficient (Wildman–Crippen LogP) is 3.90. The second-order valence-electron chi connectivity index (χ2n) is 6.93. The number of benzene rings is 2. The number of para-hydroxylation sites is 1. The molecule has 2 amide bonds. The summed E-state index contributed by atoms with van der Waals surface area (Å²) in [7, 11) is 0. The third-order valence-electron chi connectivity index (χ3n) is 5.24. The van der Waals surface area contributed by atoms with Gasteiger partial charge in [0.05, 0.1) is 17.4 Å². The first-order valence-corrected chi connectivity index (χ1v) is 9.99. The number of amides is 2. The largest absolute Gasteiger partial charge is 0.273 e. The minimum Gasteiger partial charge on any atom is -0.273 e. The first-order chi connectivity index (χ1) is 14.1. The molecule has 3 heterocycles. The van der Waals surface area contributed by atoms with Gasteiger partial charge in [-0.25, -0.2) is 9.96 Å². The molecule has 3 atom stereocenters. The highest BCUT2D eigenvalue weighted by Gasteiger charge is 2.60. The fourth-order valence-electron chi connectivity index (χ4n) is 3.98. The number of aromatic nitrogens is 1. The summed E-state index contributed by atoms with van der Waals surface area (Å²) < 4.78 is 0.796. The summed E-state index contributed by atoms with van der Waals surface area (Å²) in [6.45, 7) is 0. The second kappa shape index (κ2) is 7.09. The van der Waals surface area contributed by atoms with Gasteiger partial charge in [-0.15, -0.1) is 0 Å². The number of hydroxylamine groups is 1. The lowest BCUT2D eigenvalue weighted by atomic mass is 9.91. The number of carbonyl (C=O) groups is 2. The molecule has 2 aromatic carbocycles. The summed E-state index contributed by atoms with van der Waals surface area (Å²) in [6, 6.07) is 19.9. The fourth-order valence-corrected chi connectivity index (χ4v) is 4.37. The monoisotopic (exact) mass is 449 g/mol. The molecule has 0 spiro atoms. The van der Waals surface area contributed by atoms with Crippen LogP contribution in [0.1, 0.15) is 11.6 Å². The minimum absolute atomic E-state index is 0.265. The topological polar surface area (TPSA) is 62.7 Å². The molecule has 2 aliphatic rings. The number of nitrogens with zero attached hydrogens (tertiary/aromatic N) is 3. The average Bonchev–Trinajstić information content (AvgIpc) is 3.26. The number of anilines is 2. The van der Waals surface area contributed by atoms with Crippen molar-refractivity contribution in [2.75, 3.05) is 9.96 Å². The van der Waals surface area contributed by atoms with Gasteiger partial charge in [0, 0.05) is 16.9 Å². The number of halogens is 1. The smallest absolute Gasteiger partial charge is 0.266 e. The summed E-state index contributed by atoms with van der Waals surface area (Å²) >= 11 is 3.40. The highest BCUT2D eigenvalue weighted by Crippen LogP contribution is 2.47. The molecule has 1 aromatic heterocycles. The Morgan fingerprint density at radius 3 is 2.31 bits per heavy atom. The number of fused-ring (bicyclic) bond motifs is 1. The first-order valence-electron chi connectivity index (χ1n) is 9.19. The molecule has 0 saturated carbocycles. The van der Waals surface area contributed by atoms with Gasteiger partial charge in [-0.05, 0) is 48.0 Å². The summed E-state index contributed by atoms with van der Waals surface area (Å²) in [5.41, 5.74) is 2.19. The zero-order chi connectivity index (χ0) is 20.0. The highest BCUT2D eigenvalue weighted by molar-refractivity contribution is 9.10. The molecular formula is C22H16BrN3O3. The van der Waals surface area contributed by atoms with Gasteiger partial charge in [0.15, 0.2) is 6.10 Å². The molecule has 29 heavy (non-hydrogen) atoms. The van der Waals surface area contributed by atoms with E-state index in [-0.39, 0.29) is 11.8 Å². The van der Waals surface area contributed by atoms with Crippen molar-refractivity contribution in [1.82, 2.24) is 4.98 Å². The van der Waals surface area contributed by atoms with E-state index in [1.807, 2.05) is 48.5 Å². The van der Waals surface area contributed by atoms with Gasteiger partial charge in [-0.2, -0.15) is 0 Å². The molecule has 144 valence electrons. The molecule has 0 N–H and O–H groups in total. The Labute approximate surface area is 175 Å². The number of hydrogen-bond acceptors (Lipinski definition) is 5.